The second kappa shape index (κ2) is 4.48. The molecule has 0 saturated carbocycles. The number of aliphatic carboxylic acids is 1. The van der Waals surface area contributed by atoms with Crippen molar-refractivity contribution in [3.63, 3.8) is 0 Å². The van der Waals surface area contributed by atoms with Crippen LogP contribution in [-0.2, 0) is 19.2 Å². The molecule has 0 spiro atoms. The molecule has 3 atom stereocenters. The summed E-state index contributed by atoms with van der Waals surface area (Å²) >= 11 is 1.18. The molecule has 0 aliphatic carbocycles. The van der Waals surface area contributed by atoms with Gasteiger partial charge in [0.15, 0.2) is 6.04 Å². The fourth-order valence-electron chi connectivity index (χ4n) is 2.01. The number of nitrogens with one attached hydrogen (secondary N) is 1. The maximum absolute atomic E-state index is 11.4. The Morgan fingerprint density at radius 3 is 2.72 bits per heavy atom. The summed E-state index contributed by atoms with van der Waals surface area (Å²) in [5, 5.41) is 9.00. The first-order chi connectivity index (χ1) is 8.45. The van der Waals surface area contributed by atoms with Gasteiger partial charge in [-0.2, -0.15) is 0 Å². The first kappa shape index (κ1) is 12.7. The lowest BCUT2D eigenvalue weighted by atomic mass is 10.1. The molecular formula is C9H11N3O5S. The van der Waals surface area contributed by atoms with E-state index in [1.807, 2.05) is 0 Å². The van der Waals surface area contributed by atoms with Crippen LogP contribution < -0.4 is 5.43 Å². The first-order valence-corrected chi connectivity index (χ1v) is 6.10. The van der Waals surface area contributed by atoms with E-state index in [9.17, 15) is 19.2 Å². The van der Waals surface area contributed by atoms with Crippen LogP contribution in [-0.4, -0.2) is 56.0 Å². The van der Waals surface area contributed by atoms with E-state index in [4.69, 9.17) is 5.11 Å². The third-order valence-electron chi connectivity index (χ3n) is 2.74. The van der Waals surface area contributed by atoms with E-state index in [0.717, 1.165) is 5.01 Å². The van der Waals surface area contributed by atoms with Crippen molar-refractivity contribution >= 4 is 36.0 Å². The van der Waals surface area contributed by atoms with E-state index in [0.29, 0.717) is 6.41 Å². The number of nitrogens with zero attached hydrogens (tertiary/aromatic N) is 2. The van der Waals surface area contributed by atoms with Crippen LogP contribution in [0, 0.1) is 0 Å². The Balaban J connectivity index is 2.20. The molecule has 0 aromatic carbocycles. The lowest BCUT2D eigenvalue weighted by Gasteiger charge is -2.36. The van der Waals surface area contributed by atoms with Crippen molar-refractivity contribution in [1.82, 2.24) is 15.3 Å². The summed E-state index contributed by atoms with van der Waals surface area (Å²) in [5.41, 5.74) is 2.24. The van der Waals surface area contributed by atoms with Gasteiger partial charge in [-0.1, -0.05) is 0 Å². The monoisotopic (exact) mass is 273 g/mol. The van der Waals surface area contributed by atoms with Gasteiger partial charge in [0.05, 0.1) is 11.8 Å². The number of fused-ring (bicyclic) bond motifs is 1. The zero-order valence-corrected chi connectivity index (χ0v) is 10.2. The minimum absolute atomic E-state index is 0.236. The normalized spacial score (nSPS) is 29.3. The molecule has 9 heteroatoms. The van der Waals surface area contributed by atoms with E-state index in [-0.39, 0.29) is 17.7 Å². The van der Waals surface area contributed by atoms with Crippen LogP contribution in [0.2, 0.25) is 0 Å². The number of hydrogen-bond donors (Lipinski definition) is 2. The highest BCUT2D eigenvalue weighted by molar-refractivity contribution is 8.00. The van der Waals surface area contributed by atoms with Gasteiger partial charge in [-0.3, -0.25) is 19.8 Å². The molecule has 2 saturated heterocycles. The van der Waals surface area contributed by atoms with Crippen molar-refractivity contribution in [2.24, 2.45) is 0 Å². The summed E-state index contributed by atoms with van der Waals surface area (Å²) in [5.74, 6) is -1.93. The lowest BCUT2D eigenvalue weighted by Crippen LogP contribution is -2.59. The van der Waals surface area contributed by atoms with Crippen molar-refractivity contribution in [3.8, 4) is 0 Å². The average Bonchev–Trinajstić information content (AvgIpc) is 2.58. The van der Waals surface area contributed by atoms with Crippen molar-refractivity contribution in [2.75, 3.05) is 0 Å². The molecule has 0 aromatic heterocycles. The standard InChI is InChI=1S/C9H11N3O5S/c1-4(14)10-11(3-13)8-7(9(16)17)12-5(15)2-6(12)18-8/h3,6-8H,2H2,1H3,(H,10,14)(H,16,17)/t6-,7?,8?/m1/s1. The third kappa shape index (κ3) is 1.90. The van der Waals surface area contributed by atoms with Crippen molar-refractivity contribution < 1.29 is 24.3 Å². The zero-order chi connectivity index (χ0) is 13.4. The molecule has 2 N–H and O–H groups in total. The molecular weight excluding hydrogens is 262 g/mol. The average molecular weight is 273 g/mol. The van der Waals surface area contributed by atoms with E-state index >= 15 is 0 Å². The minimum atomic E-state index is -1.19. The van der Waals surface area contributed by atoms with Gasteiger partial charge >= 0.3 is 5.97 Å². The fourth-order valence-corrected chi connectivity index (χ4v) is 3.58. The Kier molecular flexibility index (Phi) is 3.16. The second-order valence-corrected chi connectivity index (χ2v) is 5.25. The summed E-state index contributed by atoms with van der Waals surface area (Å²) in [4.78, 5) is 45.6. The molecule has 0 aromatic rings. The van der Waals surface area contributed by atoms with Crippen LogP contribution in [0.4, 0.5) is 0 Å². The van der Waals surface area contributed by atoms with E-state index in [1.165, 1.54) is 23.6 Å². The van der Waals surface area contributed by atoms with Gasteiger partial charge in [0.1, 0.15) is 5.37 Å². The molecule has 8 nitrogen and oxygen atoms in total. The third-order valence-corrected chi connectivity index (χ3v) is 4.21. The summed E-state index contributed by atoms with van der Waals surface area (Å²) in [6.45, 7) is 1.21. The summed E-state index contributed by atoms with van der Waals surface area (Å²) in [7, 11) is 0. The Bertz CT molecular complexity index is 428. The SMILES string of the molecule is CC(=O)NN(C=O)C1S[C@@H]2CC(=O)N2C1C(=O)O. The number of thioether (sulfide) groups is 1. The van der Waals surface area contributed by atoms with Crippen molar-refractivity contribution in [3.05, 3.63) is 0 Å². The number of rotatable bonds is 4. The predicted octanol–water partition coefficient (Wildman–Crippen LogP) is -1.42. The maximum atomic E-state index is 11.4. The molecule has 2 heterocycles. The molecule has 2 fully saturated rings. The van der Waals surface area contributed by atoms with Crippen LogP contribution in [0.15, 0.2) is 0 Å². The number of β-lactam (4-membered cyclic amide) rings is 1. The van der Waals surface area contributed by atoms with Crippen molar-refractivity contribution in [2.45, 2.75) is 30.1 Å². The highest BCUT2D eigenvalue weighted by Gasteiger charge is 2.56. The summed E-state index contributed by atoms with van der Waals surface area (Å²) in [6, 6.07) is -1.13. The quantitative estimate of drug-likeness (QED) is 0.370. The summed E-state index contributed by atoms with van der Waals surface area (Å²) < 4.78 is 0. The van der Waals surface area contributed by atoms with Crippen molar-refractivity contribution in [1.29, 1.82) is 0 Å². The fraction of sp³-hybridized carbons (Fsp3) is 0.556. The number of carbonyl (C=O) groups excluding carboxylic acids is 3. The van der Waals surface area contributed by atoms with Gasteiger partial charge in [0.2, 0.25) is 18.2 Å². The van der Waals surface area contributed by atoms with E-state index < -0.39 is 23.3 Å². The molecule has 0 bridgehead atoms. The van der Waals surface area contributed by atoms with Gasteiger partial charge in [0, 0.05) is 6.92 Å². The van der Waals surface area contributed by atoms with Crippen LogP contribution in [0.5, 0.6) is 0 Å². The first-order valence-electron chi connectivity index (χ1n) is 5.16. The minimum Gasteiger partial charge on any atom is -0.480 e. The number of carboxylic acid groups (broad SMARTS) is 1. The highest BCUT2D eigenvalue weighted by Crippen LogP contribution is 2.44. The van der Waals surface area contributed by atoms with Gasteiger partial charge in [-0.05, 0) is 0 Å². The van der Waals surface area contributed by atoms with Crippen LogP contribution >= 0.6 is 11.8 Å². The maximum Gasteiger partial charge on any atom is 0.329 e. The van der Waals surface area contributed by atoms with Gasteiger partial charge in [0.25, 0.3) is 0 Å². The molecule has 2 aliphatic heterocycles. The Morgan fingerprint density at radius 2 is 2.28 bits per heavy atom. The number of carboxylic acids is 1. The number of hydrazine groups is 1. The molecule has 18 heavy (non-hydrogen) atoms. The molecule has 98 valence electrons. The van der Waals surface area contributed by atoms with E-state index in [2.05, 4.69) is 5.43 Å². The van der Waals surface area contributed by atoms with E-state index in [1.54, 1.807) is 0 Å². The topological polar surface area (TPSA) is 107 Å². The second-order valence-electron chi connectivity index (χ2n) is 3.95. The largest absolute Gasteiger partial charge is 0.480 e. The summed E-state index contributed by atoms with van der Waals surface area (Å²) in [6.07, 6.45) is 0.614. The van der Waals surface area contributed by atoms with Gasteiger partial charge in [-0.15, -0.1) is 11.8 Å². The number of carbonyl (C=O) groups is 4. The Labute approximate surface area is 106 Å². The van der Waals surface area contributed by atoms with Crippen LogP contribution in [0.3, 0.4) is 0 Å². The molecule has 2 aliphatic rings. The molecule has 0 radical (unpaired) electrons. The highest BCUT2D eigenvalue weighted by atomic mass is 32.2. The molecule has 2 rings (SSSR count). The predicted molar refractivity (Wildman–Crippen MR) is 59.8 cm³/mol. The van der Waals surface area contributed by atoms with Crippen LogP contribution in [0.25, 0.3) is 0 Å². The van der Waals surface area contributed by atoms with Gasteiger partial charge in [-0.25, -0.2) is 9.80 Å². The van der Waals surface area contributed by atoms with Gasteiger partial charge < -0.3 is 10.0 Å². The smallest absolute Gasteiger partial charge is 0.329 e. The van der Waals surface area contributed by atoms with Crippen LogP contribution in [0.1, 0.15) is 13.3 Å². The molecule has 3 amide bonds. The zero-order valence-electron chi connectivity index (χ0n) is 9.40. The Morgan fingerprint density at radius 1 is 1.61 bits per heavy atom. The molecule has 2 unspecified atom stereocenters. The Hall–Kier alpha value is -1.77. The number of amides is 3. The lowest BCUT2D eigenvalue weighted by molar-refractivity contribution is -0.158. The number of hydrogen-bond acceptors (Lipinski definition) is 5.